The first-order valence-corrected chi connectivity index (χ1v) is 8.15. The Morgan fingerprint density at radius 3 is 2.17 bits per heavy atom. The summed E-state index contributed by atoms with van der Waals surface area (Å²) in [4.78, 5) is 26.0. The van der Waals surface area contributed by atoms with E-state index in [-0.39, 0.29) is 5.91 Å². The number of hydrogen-bond donors (Lipinski definition) is 2. The molecule has 1 atom stereocenters. The largest absolute Gasteiger partial charge is 0.370 e. The summed E-state index contributed by atoms with van der Waals surface area (Å²) in [7, 11) is 0. The van der Waals surface area contributed by atoms with Gasteiger partial charge in [0.05, 0.1) is 0 Å². The standard InChI is InChI=1S/C19H21N3O2/c20-18(23)15-8-10-16(11-9-15)21-17(14-6-2-1-3-7-14)19(24)22-12-4-5-13-22/h1-3,6-11,17,21H,4-5,12-13H2,(H2,20,23)/t17-/m0/s1. The molecule has 1 saturated heterocycles. The number of primary amides is 1. The molecule has 0 aliphatic carbocycles. The smallest absolute Gasteiger partial charge is 0.249 e. The van der Waals surface area contributed by atoms with E-state index in [4.69, 9.17) is 5.73 Å². The lowest BCUT2D eigenvalue weighted by atomic mass is 10.0. The van der Waals surface area contributed by atoms with Crippen molar-refractivity contribution >= 4 is 17.5 Å². The van der Waals surface area contributed by atoms with Crippen LogP contribution in [-0.4, -0.2) is 29.8 Å². The predicted molar refractivity (Wildman–Crippen MR) is 93.6 cm³/mol. The first kappa shape index (κ1) is 16.1. The minimum Gasteiger partial charge on any atom is -0.370 e. The van der Waals surface area contributed by atoms with Gasteiger partial charge in [0.2, 0.25) is 11.8 Å². The molecule has 0 saturated carbocycles. The Hall–Kier alpha value is -2.82. The van der Waals surface area contributed by atoms with Crippen LogP contribution in [0.5, 0.6) is 0 Å². The van der Waals surface area contributed by atoms with Gasteiger partial charge in [-0.2, -0.15) is 0 Å². The second-order valence-electron chi connectivity index (χ2n) is 5.96. The number of nitrogens with two attached hydrogens (primary N) is 1. The summed E-state index contributed by atoms with van der Waals surface area (Å²) in [6, 6.07) is 16.1. The lowest BCUT2D eigenvalue weighted by Gasteiger charge is -2.25. The average Bonchev–Trinajstić information content (AvgIpc) is 3.15. The number of likely N-dealkylation sites (tertiary alicyclic amines) is 1. The van der Waals surface area contributed by atoms with Gasteiger partial charge in [0, 0.05) is 24.3 Å². The minimum atomic E-state index is -0.464. The van der Waals surface area contributed by atoms with Gasteiger partial charge >= 0.3 is 0 Å². The number of amides is 2. The molecule has 0 radical (unpaired) electrons. The Morgan fingerprint density at radius 2 is 1.58 bits per heavy atom. The van der Waals surface area contributed by atoms with E-state index in [1.54, 1.807) is 24.3 Å². The van der Waals surface area contributed by atoms with Gasteiger partial charge in [-0.3, -0.25) is 9.59 Å². The fraction of sp³-hybridized carbons (Fsp3) is 0.263. The summed E-state index contributed by atoms with van der Waals surface area (Å²) < 4.78 is 0. The van der Waals surface area contributed by atoms with Gasteiger partial charge in [-0.15, -0.1) is 0 Å². The van der Waals surface area contributed by atoms with E-state index in [1.807, 2.05) is 35.2 Å². The third kappa shape index (κ3) is 3.56. The van der Waals surface area contributed by atoms with E-state index in [0.29, 0.717) is 5.56 Å². The van der Waals surface area contributed by atoms with E-state index in [9.17, 15) is 9.59 Å². The molecule has 2 amide bonds. The summed E-state index contributed by atoms with van der Waals surface area (Å²) in [5.74, 6) is -0.382. The SMILES string of the molecule is NC(=O)c1ccc(N[C@H](C(=O)N2CCCC2)c2ccccc2)cc1. The van der Waals surface area contributed by atoms with E-state index in [0.717, 1.165) is 37.2 Å². The molecule has 1 fully saturated rings. The quantitative estimate of drug-likeness (QED) is 0.888. The van der Waals surface area contributed by atoms with Gasteiger partial charge in [-0.1, -0.05) is 30.3 Å². The van der Waals surface area contributed by atoms with Crippen LogP contribution in [0.4, 0.5) is 5.69 Å². The number of benzene rings is 2. The molecule has 24 heavy (non-hydrogen) atoms. The maximum absolute atomic E-state index is 12.9. The van der Waals surface area contributed by atoms with Crippen molar-refractivity contribution in [1.29, 1.82) is 0 Å². The highest BCUT2D eigenvalue weighted by Gasteiger charge is 2.27. The molecule has 0 bridgehead atoms. The van der Waals surface area contributed by atoms with Crippen molar-refractivity contribution in [2.75, 3.05) is 18.4 Å². The molecule has 0 unspecified atom stereocenters. The number of rotatable bonds is 5. The van der Waals surface area contributed by atoms with Crippen molar-refractivity contribution in [1.82, 2.24) is 4.90 Å². The Balaban J connectivity index is 1.84. The van der Waals surface area contributed by atoms with Crippen LogP contribution in [0.2, 0.25) is 0 Å². The van der Waals surface area contributed by atoms with Gasteiger partial charge in [0.1, 0.15) is 6.04 Å². The van der Waals surface area contributed by atoms with Crippen molar-refractivity contribution in [2.45, 2.75) is 18.9 Å². The molecule has 0 spiro atoms. The Bertz CT molecular complexity index is 707. The molecule has 1 aliphatic rings. The zero-order valence-electron chi connectivity index (χ0n) is 13.4. The van der Waals surface area contributed by atoms with Crippen LogP contribution in [0.3, 0.4) is 0 Å². The Kier molecular flexibility index (Phi) is 4.79. The molecule has 1 aliphatic heterocycles. The fourth-order valence-electron chi connectivity index (χ4n) is 2.95. The molecule has 1 heterocycles. The lowest BCUT2D eigenvalue weighted by molar-refractivity contribution is -0.131. The highest BCUT2D eigenvalue weighted by Crippen LogP contribution is 2.24. The van der Waals surface area contributed by atoms with Crippen LogP contribution in [0.25, 0.3) is 0 Å². The number of nitrogens with zero attached hydrogens (tertiary/aromatic N) is 1. The zero-order valence-corrected chi connectivity index (χ0v) is 13.4. The van der Waals surface area contributed by atoms with E-state index in [1.165, 1.54) is 0 Å². The average molecular weight is 323 g/mol. The van der Waals surface area contributed by atoms with Crippen LogP contribution < -0.4 is 11.1 Å². The molecule has 5 nitrogen and oxygen atoms in total. The fourth-order valence-corrected chi connectivity index (χ4v) is 2.95. The second kappa shape index (κ2) is 7.17. The van der Waals surface area contributed by atoms with Crippen LogP contribution in [-0.2, 0) is 4.79 Å². The first-order chi connectivity index (χ1) is 11.6. The summed E-state index contributed by atoms with van der Waals surface area (Å²) >= 11 is 0. The highest BCUT2D eigenvalue weighted by atomic mass is 16.2. The van der Waals surface area contributed by atoms with Crippen molar-refractivity contribution in [2.24, 2.45) is 5.73 Å². The van der Waals surface area contributed by atoms with E-state index in [2.05, 4.69) is 5.32 Å². The van der Waals surface area contributed by atoms with E-state index < -0.39 is 11.9 Å². The Labute approximate surface area is 141 Å². The maximum Gasteiger partial charge on any atom is 0.249 e. The molecule has 2 aromatic carbocycles. The highest BCUT2D eigenvalue weighted by molar-refractivity contribution is 5.93. The predicted octanol–water partition coefficient (Wildman–Crippen LogP) is 2.56. The summed E-state index contributed by atoms with van der Waals surface area (Å²) in [5, 5.41) is 3.29. The monoisotopic (exact) mass is 323 g/mol. The molecular weight excluding hydrogens is 302 g/mol. The first-order valence-electron chi connectivity index (χ1n) is 8.15. The lowest BCUT2D eigenvalue weighted by Crippen LogP contribution is -2.36. The van der Waals surface area contributed by atoms with Gasteiger partial charge < -0.3 is 16.0 Å². The topological polar surface area (TPSA) is 75.4 Å². The number of nitrogens with one attached hydrogen (secondary N) is 1. The molecule has 5 heteroatoms. The third-order valence-corrected chi connectivity index (χ3v) is 4.28. The maximum atomic E-state index is 12.9. The van der Waals surface area contributed by atoms with Crippen LogP contribution >= 0.6 is 0 Å². The number of carbonyl (C=O) groups is 2. The van der Waals surface area contributed by atoms with Crippen molar-refractivity contribution < 1.29 is 9.59 Å². The van der Waals surface area contributed by atoms with Gasteiger partial charge in [0.15, 0.2) is 0 Å². The van der Waals surface area contributed by atoms with Gasteiger partial charge in [0.25, 0.3) is 0 Å². The summed E-state index contributed by atoms with van der Waals surface area (Å²) in [5.41, 5.74) is 7.42. The summed E-state index contributed by atoms with van der Waals surface area (Å²) in [6.45, 7) is 1.62. The zero-order chi connectivity index (χ0) is 16.9. The molecule has 124 valence electrons. The molecule has 0 aromatic heterocycles. The van der Waals surface area contributed by atoms with Crippen molar-refractivity contribution in [3.05, 3.63) is 65.7 Å². The van der Waals surface area contributed by atoms with Gasteiger partial charge in [-0.05, 0) is 42.7 Å². The van der Waals surface area contributed by atoms with Crippen LogP contribution in [0.15, 0.2) is 54.6 Å². The van der Waals surface area contributed by atoms with Crippen LogP contribution in [0, 0.1) is 0 Å². The summed E-state index contributed by atoms with van der Waals surface area (Å²) in [6.07, 6.45) is 2.11. The van der Waals surface area contributed by atoms with Gasteiger partial charge in [-0.25, -0.2) is 0 Å². The molecular formula is C19H21N3O2. The molecule has 3 rings (SSSR count). The minimum absolute atomic E-state index is 0.0812. The Morgan fingerprint density at radius 1 is 0.958 bits per heavy atom. The molecule has 3 N–H and O–H groups in total. The second-order valence-corrected chi connectivity index (χ2v) is 5.96. The number of hydrogen-bond acceptors (Lipinski definition) is 3. The van der Waals surface area contributed by atoms with E-state index >= 15 is 0 Å². The van der Waals surface area contributed by atoms with Crippen molar-refractivity contribution in [3.63, 3.8) is 0 Å². The number of carbonyl (C=O) groups excluding carboxylic acids is 2. The van der Waals surface area contributed by atoms with Crippen molar-refractivity contribution in [3.8, 4) is 0 Å². The normalized spacial score (nSPS) is 15.1. The van der Waals surface area contributed by atoms with Crippen LogP contribution in [0.1, 0.15) is 34.8 Å². The third-order valence-electron chi connectivity index (χ3n) is 4.28. The number of anilines is 1. The molecule has 2 aromatic rings.